The summed E-state index contributed by atoms with van der Waals surface area (Å²) in [5.41, 5.74) is 2.40. The number of hydrogen-bond donors (Lipinski definition) is 0. The Labute approximate surface area is 170 Å². The van der Waals surface area contributed by atoms with Crippen LogP contribution in [0.15, 0.2) is 21.3 Å². The number of methoxy groups -OCH3 is 1. The maximum Gasteiger partial charge on any atom is 0.339 e. The van der Waals surface area contributed by atoms with Gasteiger partial charge >= 0.3 is 5.63 Å². The van der Waals surface area contributed by atoms with Gasteiger partial charge in [0.1, 0.15) is 11.3 Å². The lowest BCUT2D eigenvalue weighted by Gasteiger charge is -2.32. The molecule has 0 spiro atoms. The molecule has 2 aromatic rings. The van der Waals surface area contributed by atoms with Crippen LogP contribution in [0.3, 0.4) is 0 Å². The van der Waals surface area contributed by atoms with Gasteiger partial charge in [0.2, 0.25) is 0 Å². The largest absolute Gasteiger partial charge is 0.483 e. The van der Waals surface area contributed by atoms with Crippen LogP contribution in [0.2, 0.25) is 0 Å². The number of amides is 1. The lowest BCUT2D eigenvalue weighted by atomic mass is 10.0. The van der Waals surface area contributed by atoms with E-state index in [1.165, 1.54) is 0 Å². The summed E-state index contributed by atoms with van der Waals surface area (Å²) in [5, 5.41) is 0.741. The molecule has 1 aliphatic heterocycles. The third-order valence-electron chi connectivity index (χ3n) is 5.44. The van der Waals surface area contributed by atoms with E-state index in [1.807, 2.05) is 30.9 Å². The predicted molar refractivity (Wildman–Crippen MR) is 110 cm³/mol. The molecule has 0 N–H and O–H groups in total. The second-order valence-electron chi connectivity index (χ2n) is 7.51. The van der Waals surface area contributed by atoms with Crippen LogP contribution in [0.1, 0.15) is 29.5 Å². The van der Waals surface area contributed by atoms with Crippen LogP contribution in [0.25, 0.3) is 11.0 Å². The summed E-state index contributed by atoms with van der Waals surface area (Å²) in [6.45, 7) is 7.91. The first-order valence-corrected chi connectivity index (χ1v) is 9.96. The van der Waals surface area contributed by atoms with Crippen LogP contribution in [-0.2, 0) is 14.3 Å². The van der Waals surface area contributed by atoms with Gasteiger partial charge in [0.25, 0.3) is 5.91 Å². The summed E-state index contributed by atoms with van der Waals surface area (Å²) in [4.78, 5) is 26.4. The Morgan fingerprint density at radius 1 is 1.14 bits per heavy atom. The van der Waals surface area contributed by atoms with E-state index in [-0.39, 0.29) is 24.2 Å². The molecule has 0 unspecified atom stereocenters. The van der Waals surface area contributed by atoms with Gasteiger partial charge in [-0.15, -0.1) is 0 Å². The zero-order valence-electron chi connectivity index (χ0n) is 17.6. The van der Waals surface area contributed by atoms with Gasteiger partial charge in [-0.1, -0.05) is 0 Å². The van der Waals surface area contributed by atoms with Crippen molar-refractivity contribution in [2.24, 2.45) is 0 Å². The first kappa shape index (κ1) is 21.3. The van der Waals surface area contributed by atoms with E-state index in [1.54, 1.807) is 14.0 Å². The van der Waals surface area contributed by atoms with E-state index >= 15 is 0 Å². The number of ether oxygens (including phenoxy) is 3. The van der Waals surface area contributed by atoms with Crippen molar-refractivity contribution in [1.82, 2.24) is 4.90 Å². The number of piperidine rings is 1. The maximum atomic E-state index is 12.6. The minimum absolute atomic E-state index is 0.0502. The maximum absolute atomic E-state index is 12.6. The van der Waals surface area contributed by atoms with E-state index in [0.29, 0.717) is 43.2 Å². The average Bonchev–Trinajstić information content (AvgIpc) is 2.70. The first-order valence-electron chi connectivity index (χ1n) is 9.96. The summed E-state index contributed by atoms with van der Waals surface area (Å²) >= 11 is 0. The van der Waals surface area contributed by atoms with Crippen molar-refractivity contribution >= 4 is 16.9 Å². The van der Waals surface area contributed by atoms with Crippen molar-refractivity contribution in [3.63, 3.8) is 0 Å². The molecule has 0 radical (unpaired) electrons. The minimum Gasteiger partial charge on any atom is -0.483 e. The Morgan fingerprint density at radius 2 is 1.86 bits per heavy atom. The monoisotopic (exact) mass is 403 g/mol. The Morgan fingerprint density at radius 3 is 2.55 bits per heavy atom. The fourth-order valence-corrected chi connectivity index (χ4v) is 3.60. The molecule has 1 amide bonds. The van der Waals surface area contributed by atoms with E-state index in [0.717, 1.165) is 29.4 Å². The van der Waals surface area contributed by atoms with Crippen LogP contribution in [-0.4, -0.2) is 56.9 Å². The molecule has 158 valence electrons. The van der Waals surface area contributed by atoms with Crippen LogP contribution in [0.5, 0.6) is 5.75 Å². The van der Waals surface area contributed by atoms with Gasteiger partial charge in [-0.2, -0.15) is 0 Å². The van der Waals surface area contributed by atoms with Crippen LogP contribution >= 0.6 is 0 Å². The standard InChI is InChI=1S/C22H29NO6/c1-14-11-18(21-15(2)16(3)22(25)29-19(21)12-14)28-13-20(24)23-7-5-17(6-8-23)27-10-9-26-4/h11-12,17H,5-10,13H2,1-4H3. The van der Waals surface area contributed by atoms with Crippen LogP contribution < -0.4 is 10.4 Å². The fourth-order valence-electron chi connectivity index (χ4n) is 3.60. The topological polar surface area (TPSA) is 78.2 Å². The highest BCUT2D eigenvalue weighted by molar-refractivity contribution is 5.88. The van der Waals surface area contributed by atoms with Gasteiger partial charge in [-0.25, -0.2) is 4.79 Å². The normalized spacial score (nSPS) is 15.1. The second-order valence-corrected chi connectivity index (χ2v) is 7.51. The molecule has 1 aromatic heterocycles. The SMILES string of the molecule is COCCOC1CCN(C(=O)COc2cc(C)cc3oc(=O)c(C)c(C)c23)CC1. The summed E-state index contributed by atoms with van der Waals surface area (Å²) in [6.07, 6.45) is 1.79. The summed E-state index contributed by atoms with van der Waals surface area (Å²) in [7, 11) is 1.65. The Balaban J connectivity index is 1.65. The molecule has 0 atom stereocenters. The van der Waals surface area contributed by atoms with Crippen molar-refractivity contribution in [2.75, 3.05) is 40.0 Å². The summed E-state index contributed by atoms with van der Waals surface area (Å²) in [5.74, 6) is 0.511. The number of nitrogens with zero attached hydrogens (tertiary/aromatic N) is 1. The van der Waals surface area contributed by atoms with Crippen molar-refractivity contribution in [3.05, 3.63) is 39.2 Å². The number of fused-ring (bicyclic) bond motifs is 1. The highest BCUT2D eigenvalue weighted by atomic mass is 16.5. The lowest BCUT2D eigenvalue weighted by Crippen LogP contribution is -2.43. The number of likely N-dealkylation sites (tertiary alicyclic amines) is 1. The molecular formula is C22H29NO6. The number of carbonyl (C=O) groups is 1. The van der Waals surface area contributed by atoms with Crippen LogP contribution in [0.4, 0.5) is 0 Å². The lowest BCUT2D eigenvalue weighted by molar-refractivity contribution is -0.136. The highest BCUT2D eigenvalue weighted by Crippen LogP contribution is 2.31. The number of aryl methyl sites for hydroxylation is 2. The van der Waals surface area contributed by atoms with Gasteiger partial charge in [-0.3, -0.25) is 4.79 Å². The van der Waals surface area contributed by atoms with Crippen molar-refractivity contribution in [1.29, 1.82) is 0 Å². The highest BCUT2D eigenvalue weighted by Gasteiger charge is 2.24. The smallest absolute Gasteiger partial charge is 0.339 e. The molecule has 7 nitrogen and oxygen atoms in total. The summed E-state index contributed by atoms with van der Waals surface area (Å²) in [6, 6.07) is 3.68. The average molecular weight is 403 g/mol. The van der Waals surface area contributed by atoms with Crippen molar-refractivity contribution < 1.29 is 23.4 Å². The molecule has 1 fully saturated rings. The second kappa shape index (κ2) is 9.41. The van der Waals surface area contributed by atoms with Crippen molar-refractivity contribution in [3.8, 4) is 5.75 Å². The number of hydrogen-bond acceptors (Lipinski definition) is 6. The van der Waals surface area contributed by atoms with Crippen LogP contribution in [0, 0.1) is 20.8 Å². The molecule has 1 aliphatic rings. The Kier molecular flexibility index (Phi) is 6.92. The zero-order chi connectivity index (χ0) is 21.0. The fraction of sp³-hybridized carbons (Fsp3) is 0.545. The molecule has 1 aromatic carbocycles. The molecule has 2 heterocycles. The van der Waals surface area contributed by atoms with Gasteiger partial charge in [0.15, 0.2) is 6.61 Å². The first-order chi connectivity index (χ1) is 13.9. The molecular weight excluding hydrogens is 374 g/mol. The molecule has 0 aliphatic carbocycles. The number of benzene rings is 1. The van der Waals surface area contributed by atoms with Gasteiger partial charge < -0.3 is 23.5 Å². The van der Waals surface area contributed by atoms with Crippen molar-refractivity contribution in [2.45, 2.75) is 39.7 Å². The molecule has 0 saturated carbocycles. The minimum atomic E-state index is -0.349. The third-order valence-corrected chi connectivity index (χ3v) is 5.44. The Hall–Kier alpha value is -2.38. The quantitative estimate of drug-likeness (QED) is 0.523. The zero-order valence-corrected chi connectivity index (χ0v) is 17.6. The van der Waals surface area contributed by atoms with Gasteiger partial charge in [0, 0.05) is 25.8 Å². The summed E-state index contributed by atoms with van der Waals surface area (Å²) < 4.78 is 22.1. The molecule has 3 rings (SSSR count). The van der Waals surface area contributed by atoms with E-state index < -0.39 is 0 Å². The predicted octanol–water partition coefficient (Wildman–Crippen LogP) is 2.75. The third kappa shape index (κ3) is 4.97. The number of rotatable bonds is 7. The number of carbonyl (C=O) groups excluding carboxylic acids is 1. The molecule has 0 bridgehead atoms. The molecule has 7 heteroatoms. The van der Waals surface area contributed by atoms with E-state index in [4.69, 9.17) is 18.6 Å². The van der Waals surface area contributed by atoms with Gasteiger partial charge in [0.05, 0.1) is 24.7 Å². The Bertz CT molecular complexity index is 927. The molecule has 1 saturated heterocycles. The van der Waals surface area contributed by atoms with E-state index in [2.05, 4.69) is 0 Å². The van der Waals surface area contributed by atoms with Gasteiger partial charge in [-0.05, 0) is 56.9 Å². The van der Waals surface area contributed by atoms with E-state index in [9.17, 15) is 9.59 Å². The molecule has 29 heavy (non-hydrogen) atoms.